The number of aliphatic carboxylic acids is 1. The van der Waals surface area contributed by atoms with Gasteiger partial charge in [-0.25, -0.2) is 9.59 Å². The maximum absolute atomic E-state index is 11.3. The van der Waals surface area contributed by atoms with Crippen molar-refractivity contribution in [3.05, 3.63) is 12.7 Å². The predicted molar refractivity (Wildman–Crippen MR) is 52.4 cm³/mol. The number of likely N-dealkylation sites (N-methyl/N-ethyl adjacent to an activating group) is 1. The smallest absolute Gasteiger partial charge is 0.410 e. The number of aliphatic hydroxyl groups is 1. The van der Waals surface area contributed by atoms with Crippen molar-refractivity contribution in [1.29, 1.82) is 0 Å². The summed E-state index contributed by atoms with van der Waals surface area (Å²) in [4.78, 5) is 22.9. The first-order valence-corrected chi connectivity index (χ1v) is 4.46. The van der Waals surface area contributed by atoms with E-state index in [1.807, 2.05) is 0 Å². The third-order valence-corrected chi connectivity index (χ3v) is 1.73. The highest BCUT2D eigenvalue weighted by Gasteiger charge is 2.28. The van der Waals surface area contributed by atoms with Gasteiger partial charge in [-0.05, 0) is 6.92 Å². The molecule has 15 heavy (non-hydrogen) atoms. The van der Waals surface area contributed by atoms with Gasteiger partial charge in [-0.1, -0.05) is 12.7 Å². The van der Waals surface area contributed by atoms with Gasteiger partial charge < -0.3 is 14.9 Å². The number of aliphatic hydroxyl groups excluding tert-OH is 1. The lowest BCUT2D eigenvalue weighted by molar-refractivity contribution is -0.144. The lowest BCUT2D eigenvalue weighted by Crippen LogP contribution is -2.47. The first-order valence-electron chi connectivity index (χ1n) is 4.46. The molecule has 1 amide bonds. The summed E-state index contributed by atoms with van der Waals surface area (Å²) in [6, 6.07) is -1.27. The summed E-state index contributed by atoms with van der Waals surface area (Å²) in [5, 5.41) is 17.5. The zero-order chi connectivity index (χ0) is 11.8. The summed E-state index contributed by atoms with van der Waals surface area (Å²) in [5.41, 5.74) is 0. The second kappa shape index (κ2) is 6.83. The van der Waals surface area contributed by atoms with Crippen molar-refractivity contribution in [3.8, 4) is 0 Å². The second-order valence-corrected chi connectivity index (χ2v) is 2.69. The average molecular weight is 217 g/mol. The number of carbonyl (C=O) groups is 2. The highest BCUT2D eigenvalue weighted by Crippen LogP contribution is 2.02. The van der Waals surface area contributed by atoms with Crippen LogP contribution in [0.15, 0.2) is 12.7 Å². The van der Waals surface area contributed by atoms with Gasteiger partial charge >= 0.3 is 12.1 Å². The van der Waals surface area contributed by atoms with Crippen LogP contribution in [0.1, 0.15) is 6.92 Å². The van der Waals surface area contributed by atoms with Gasteiger partial charge in [0.1, 0.15) is 6.61 Å². The van der Waals surface area contributed by atoms with Crippen LogP contribution < -0.4 is 0 Å². The zero-order valence-electron chi connectivity index (χ0n) is 8.55. The lowest BCUT2D eigenvalue weighted by atomic mass is 10.3. The van der Waals surface area contributed by atoms with Crippen molar-refractivity contribution >= 4 is 12.1 Å². The molecule has 0 aliphatic heterocycles. The topological polar surface area (TPSA) is 87.1 Å². The van der Waals surface area contributed by atoms with Gasteiger partial charge in [0.25, 0.3) is 0 Å². The Bertz CT molecular complexity index is 241. The Morgan fingerprint density at radius 2 is 2.20 bits per heavy atom. The number of hydrogen-bond acceptors (Lipinski definition) is 4. The van der Waals surface area contributed by atoms with Crippen LogP contribution in [-0.2, 0) is 9.53 Å². The molecule has 0 aromatic rings. The van der Waals surface area contributed by atoms with Crippen LogP contribution in [0.5, 0.6) is 0 Å². The fraction of sp³-hybridized carbons (Fsp3) is 0.556. The number of rotatable bonds is 6. The van der Waals surface area contributed by atoms with E-state index in [0.29, 0.717) is 0 Å². The van der Waals surface area contributed by atoms with Crippen molar-refractivity contribution < 1.29 is 24.5 Å². The molecule has 6 heteroatoms. The van der Waals surface area contributed by atoms with Gasteiger partial charge in [-0.15, -0.1) is 0 Å². The van der Waals surface area contributed by atoms with Gasteiger partial charge in [0.05, 0.1) is 6.61 Å². The van der Waals surface area contributed by atoms with Crippen LogP contribution in [0.4, 0.5) is 4.79 Å². The number of carbonyl (C=O) groups excluding carboxylic acids is 1. The first-order chi connectivity index (χ1) is 7.08. The van der Waals surface area contributed by atoms with E-state index in [0.717, 1.165) is 4.90 Å². The number of hydrogen-bond donors (Lipinski definition) is 2. The molecule has 0 heterocycles. The van der Waals surface area contributed by atoms with Crippen molar-refractivity contribution in [2.75, 3.05) is 19.8 Å². The van der Waals surface area contributed by atoms with E-state index in [2.05, 4.69) is 11.3 Å². The zero-order valence-corrected chi connectivity index (χ0v) is 8.55. The van der Waals surface area contributed by atoms with E-state index in [1.54, 1.807) is 6.92 Å². The third-order valence-electron chi connectivity index (χ3n) is 1.73. The van der Waals surface area contributed by atoms with Crippen LogP contribution >= 0.6 is 0 Å². The second-order valence-electron chi connectivity index (χ2n) is 2.69. The van der Waals surface area contributed by atoms with E-state index >= 15 is 0 Å². The molecule has 0 unspecified atom stereocenters. The molecule has 0 rings (SSSR count). The molecule has 0 aromatic heterocycles. The Hall–Kier alpha value is -1.56. The summed E-state index contributed by atoms with van der Waals surface area (Å²) >= 11 is 0. The molecule has 0 radical (unpaired) electrons. The Morgan fingerprint density at radius 3 is 2.53 bits per heavy atom. The number of carboxylic acid groups (broad SMARTS) is 1. The predicted octanol–water partition coefficient (Wildman–Crippen LogP) is 0.0764. The normalized spacial score (nSPS) is 11.6. The summed E-state index contributed by atoms with van der Waals surface area (Å²) in [6.45, 7) is 4.46. The standard InChI is InChI=1S/C9H15NO5/c1-3-5-15-9(14)10(4-2)7(6-11)8(12)13/h3,7,11H,1,4-6H2,2H3,(H,12,13)/t7-/m1/s1. The largest absolute Gasteiger partial charge is 0.480 e. The molecule has 1 atom stereocenters. The summed E-state index contributed by atoms with van der Waals surface area (Å²) in [7, 11) is 0. The van der Waals surface area contributed by atoms with Crippen molar-refractivity contribution in [3.63, 3.8) is 0 Å². The summed E-state index contributed by atoms with van der Waals surface area (Å²) in [5.74, 6) is -1.27. The van der Waals surface area contributed by atoms with Crippen LogP contribution in [-0.4, -0.2) is 53.0 Å². The van der Waals surface area contributed by atoms with Crippen molar-refractivity contribution in [2.45, 2.75) is 13.0 Å². The minimum Gasteiger partial charge on any atom is -0.480 e. The molecule has 86 valence electrons. The minimum atomic E-state index is -1.27. The number of carboxylic acids is 1. The third kappa shape index (κ3) is 3.99. The van der Waals surface area contributed by atoms with Gasteiger partial charge in [0.2, 0.25) is 0 Å². The molecule has 2 N–H and O–H groups in total. The van der Waals surface area contributed by atoms with Crippen LogP contribution in [0.25, 0.3) is 0 Å². The van der Waals surface area contributed by atoms with E-state index in [4.69, 9.17) is 10.2 Å². The lowest BCUT2D eigenvalue weighted by Gasteiger charge is -2.25. The quantitative estimate of drug-likeness (QED) is 0.615. The summed E-state index contributed by atoms with van der Waals surface area (Å²) in [6.07, 6.45) is 0.597. The van der Waals surface area contributed by atoms with E-state index in [1.165, 1.54) is 6.08 Å². The van der Waals surface area contributed by atoms with Crippen molar-refractivity contribution in [1.82, 2.24) is 4.90 Å². The Kier molecular flexibility index (Phi) is 6.12. The molecule has 0 aliphatic rings. The molecule has 0 aliphatic carbocycles. The van der Waals surface area contributed by atoms with E-state index in [9.17, 15) is 9.59 Å². The summed E-state index contributed by atoms with van der Waals surface area (Å²) < 4.78 is 4.67. The fourth-order valence-corrected chi connectivity index (χ4v) is 1.000. The SMILES string of the molecule is C=CCOC(=O)N(CC)[C@H](CO)C(=O)O. The number of amides is 1. The Balaban J connectivity index is 4.49. The van der Waals surface area contributed by atoms with Gasteiger partial charge in [-0.3, -0.25) is 4.90 Å². The average Bonchev–Trinajstić information content (AvgIpc) is 2.21. The molecule has 0 aromatic carbocycles. The minimum absolute atomic E-state index is 0.00704. The van der Waals surface area contributed by atoms with E-state index in [-0.39, 0.29) is 13.2 Å². The van der Waals surface area contributed by atoms with Crippen LogP contribution in [0, 0.1) is 0 Å². The Morgan fingerprint density at radius 1 is 1.60 bits per heavy atom. The molecule has 0 saturated carbocycles. The fourth-order valence-electron chi connectivity index (χ4n) is 1.000. The highest BCUT2D eigenvalue weighted by molar-refractivity contribution is 5.80. The van der Waals surface area contributed by atoms with E-state index < -0.39 is 24.7 Å². The van der Waals surface area contributed by atoms with Crippen LogP contribution in [0.3, 0.4) is 0 Å². The molecule has 0 saturated heterocycles. The Labute approximate surface area is 87.8 Å². The molecule has 0 spiro atoms. The van der Waals surface area contributed by atoms with Gasteiger partial charge in [0.15, 0.2) is 6.04 Å². The van der Waals surface area contributed by atoms with Gasteiger partial charge in [0, 0.05) is 6.54 Å². The molecular formula is C9H15NO5. The maximum Gasteiger partial charge on any atom is 0.410 e. The maximum atomic E-state index is 11.3. The molecule has 6 nitrogen and oxygen atoms in total. The number of ether oxygens (including phenoxy) is 1. The highest BCUT2D eigenvalue weighted by atomic mass is 16.6. The monoisotopic (exact) mass is 217 g/mol. The molecule has 0 bridgehead atoms. The van der Waals surface area contributed by atoms with Crippen LogP contribution in [0.2, 0.25) is 0 Å². The van der Waals surface area contributed by atoms with Crippen molar-refractivity contribution in [2.24, 2.45) is 0 Å². The molecule has 0 fully saturated rings. The number of nitrogens with zero attached hydrogens (tertiary/aromatic N) is 1. The van der Waals surface area contributed by atoms with Gasteiger partial charge in [-0.2, -0.15) is 0 Å². The molecular weight excluding hydrogens is 202 g/mol. The first kappa shape index (κ1) is 13.4.